The third kappa shape index (κ3) is 5.09. The fourth-order valence-corrected chi connectivity index (χ4v) is 4.91. The lowest BCUT2D eigenvalue weighted by Gasteiger charge is -2.32. The van der Waals surface area contributed by atoms with Crippen LogP contribution >= 0.6 is 0 Å². The van der Waals surface area contributed by atoms with Crippen LogP contribution in [-0.2, 0) is 10.0 Å². The van der Waals surface area contributed by atoms with Crippen LogP contribution in [0.2, 0.25) is 0 Å². The molecule has 2 aromatic rings. The SMILES string of the molecule is CCN1CCC[C@@H](Nc2ccc(S(=O)(=O)Nc3ccc(C)cc3C)cc2[N+](=O)[O-])C1. The van der Waals surface area contributed by atoms with Crippen molar-refractivity contribution >= 4 is 27.1 Å². The summed E-state index contributed by atoms with van der Waals surface area (Å²) in [6.07, 6.45) is 1.94. The van der Waals surface area contributed by atoms with Crippen molar-refractivity contribution in [2.45, 2.75) is 44.6 Å². The minimum atomic E-state index is -3.96. The van der Waals surface area contributed by atoms with Gasteiger partial charge < -0.3 is 10.2 Å². The fraction of sp³-hybridized carbons (Fsp3) is 0.429. The number of benzene rings is 2. The normalized spacial score (nSPS) is 17.5. The lowest BCUT2D eigenvalue weighted by atomic mass is 10.1. The molecule has 0 aliphatic carbocycles. The monoisotopic (exact) mass is 432 g/mol. The third-order valence-electron chi connectivity index (χ3n) is 5.41. The van der Waals surface area contributed by atoms with E-state index in [-0.39, 0.29) is 16.6 Å². The molecule has 3 rings (SSSR count). The Bertz CT molecular complexity index is 1040. The van der Waals surface area contributed by atoms with Crippen LogP contribution in [0.5, 0.6) is 0 Å². The summed E-state index contributed by atoms with van der Waals surface area (Å²) >= 11 is 0. The first-order valence-electron chi connectivity index (χ1n) is 10.1. The highest BCUT2D eigenvalue weighted by molar-refractivity contribution is 7.92. The summed E-state index contributed by atoms with van der Waals surface area (Å²) in [4.78, 5) is 13.3. The van der Waals surface area contributed by atoms with Crippen LogP contribution in [0.15, 0.2) is 41.3 Å². The van der Waals surface area contributed by atoms with E-state index in [9.17, 15) is 18.5 Å². The maximum atomic E-state index is 12.8. The van der Waals surface area contributed by atoms with E-state index in [1.807, 2.05) is 26.0 Å². The Balaban J connectivity index is 1.85. The average Bonchev–Trinajstić information content (AvgIpc) is 2.70. The van der Waals surface area contributed by atoms with Gasteiger partial charge in [0.05, 0.1) is 15.5 Å². The van der Waals surface area contributed by atoms with Crippen LogP contribution in [0.4, 0.5) is 17.1 Å². The molecule has 0 bridgehead atoms. The molecular formula is C21H28N4O4S. The van der Waals surface area contributed by atoms with Gasteiger partial charge in [-0.05, 0) is 63.5 Å². The van der Waals surface area contributed by atoms with E-state index in [0.717, 1.165) is 49.7 Å². The maximum Gasteiger partial charge on any atom is 0.293 e. The fourth-order valence-electron chi connectivity index (χ4n) is 3.76. The number of aryl methyl sites for hydroxylation is 2. The van der Waals surface area contributed by atoms with Gasteiger partial charge in [-0.15, -0.1) is 0 Å². The molecule has 0 aromatic heterocycles. The second kappa shape index (κ2) is 9.01. The Kier molecular flexibility index (Phi) is 6.62. The van der Waals surface area contributed by atoms with Crippen molar-refractivity contribution in [2.24, 2.45) is 0 Å². The second-order valence-corrected chi connectivity index (χ2v) is 9.42. The first-order chi connectivity index (χ1) is 14.2. The number of likely N-dealkylation sites (N-methyl/N-ethyl adjacent to an activating group) is 1. The zero-order valence-electron chi connectivity index (χ0n) is 17.5. The minimum absolute atomic E-state index is 0.0909. The average molecular weight is 433 g/mol. The van der Waals surface area contributed by atoms with E-state index < -0.39 is 14.9 Å². The number of nitrogens with one attached hydrogen (secondary N) is 2. The molecule has 9 heteroatoms. The van der Waals surface area contributed by atoms with E-state index in [1.165, 1.54) is 12.1 Å². The Morgan fingerprint density at radius 2 is 1.90 bits per heavy atom. The molecule has 1 atom stereocenters. The molecule has 30 heavy (non-hydrogen) atoms. The Labute approximate surface area is 177 Å². The van der Waals surface area contributed by atoms with Crippen LogP contribution < -0.4 is 10.0 Å². The van der Waals surface area contributed by atoms with E-state index in [0.29, 0.717) is 11.4 Å². The highest BCUT2D eigenvalue weighted by Gasteiger charge is 2.25. The summed E-state index contributed by atoms with van der Waals surface area (Å²) in [5.41, 5.74) is 2.35. The molecule has 8 nitrogen and oxygen atoms in total. The number of nitro groups is 1. The van der Waals surface area contributed by atoms with Crippen molar-refractivity contribution in [1.29, 1.82) is 0 Å². The number of rotatable bonds is 7. The largest absolute Gasteiger partial charge is 0.375 e. The number of hydrogen-bond acceptors (Lipinski definition) is 6. The van der Waals surface area contributed by atoms with Crippen molar-refractivity contribution in [3.63, 3.8) is 0 Å². The lowest BCUT2D eigenvalue weighted by molar-refractivity contribution is -0.384. The summed E-state index contributed by atoms with van der Waals surface area (Å²) in [6, 6.07) is 9.47. The van der Waals surface area contributed by atoms with Gasteiger partial charge in [0, 0.05) is 18.7 Å². The van der Waals surface area contributed by atoms with Gasteiger partial charge in [-0.25, -0.2) is 8.42 Å². The smallest absolute Gasteiger partial charge is 0.293 e. The number of sulfonamides is 1. The van der Waals surface area contributed by atoms with Crippen LogP contribution in [0.3, 0.4) is 0 Å². The number of piperidine rings is 1. The van der Waals surface area contributed by atoms with E-state index in [2.05, 4.69) is 21.9 Å². The van der Waals surface area contributed by atoms with Gasteiger partial charge in [-0.3, -0.25) is 14.8 Å². The first-order valence-corrected chi connectivity index (χ1v) is 11.6. The first kappa shape index (κ1) is 22.0. The van der Waals surface area contributed by atoms with Crippen LogP contribution in [0, 0.1) is 24.0 Å². The number of anilines is 2. The van der Waals surface area contributed by atoms with Crippen LogP contribution in [-0.4, -0.2) is 43.9 Å². The van der Waals surface area contributed by atoms with E-state index in [1.54, 1.807) is 6.07 Å². The summed E-state index contributed by atoms with van der Waals surface area (Å²) in [6.45, 7) is 8.59. The minimum Gasteiger partial charge on any atom is -0.375 e. The van der Waals surface area contributed by atoms with Gasteiger partial charge >= 0.3 is 0 Å². The molecule has 1 fully saturated rings. The summed E-state index contributed by atoms with van der Waals surface area (Å²) < 4.78 is 28.2. The molecule has 162 valence electrons. The topological polar surface area (TPSA) is 105 Å². The van der Waals surface area contributed by atoms with Crippen molar-refractivity contribution in [2.75, 3.05) is 29.7 Å². The second-order valence-electron chi connectivity index (χ2n) is 7.74. The quantitative estimate of drug-likeness (QED) is 0.508. The molecule has 2 aromatic carbocycles. The zero-order valence-corrected chi connectivity index (χ0v) is 18.3. The van der Waals surface area contributed by atoms with Crippen molar-refractivity contribution in [3.8, 4) is 0 Å². The number of likely N-dealkylation sites (tertiary alicyclic amines) is 1. The van der Waals surface area contributed by atoms with Gasteiger partial charge in [-0.2, -0.15) is 0 Å². The molecule has 1 saturated heterocycles. The summed E-state index contributed by atoms with van der Waals surface area (Å²) in [5.74, 6) is 0. The molecule has 2 N–H and O–H groups in total. The number of nitro benzene ring substituents is 1. The molecule has 0 amide bonds. The van der Waals surface area contributed by atoms with Gasteiger partial charge in [-0.1, -0.05) is 24.6 Å². The molecule has 0 spiro atoms. The van der Waals surface area contributed by atoms with E-state index >= 15 is 0 Å². The lowest BCUT2D eigenvalue weighted by Crippen LogP contribution is -2.41. The zero-order chi connectivity index (χ0) is 21.9. The van der Waals surface area contributed by atoms with Gasteiger partial charge in [0.2, 0.25) is 0 Å². The Morgan fingerprint density at radius 3 is 2.57 bits per heavy atom. The van der Waals surface area contributed by atoms with Crippen LogP contribution in [0.25, 0.3) is 0 Å². The van der Waals surface area contributed by atoms with Crippen molar-refractivity contribution < 1.29 is 13.3 Å². The predicted molar refractivity (Wildman–Crippen MR) is 119 cm³/mol. The highest BCUT2D eigenvalue weighted by Crippen LogP contribution is 2.30. The molecule has 1 aliphatic rings. The predicted octanol–water partition coefficient (Wildman–Crippen LogP) is 3.91. The molecule has 1 aliphatic heterocycles. The maximum absolute atomic E-state index is 12.8. The summed E-state index contributed by atoms with van der Waals surface area (Å²) in [5, 5.41) is 14.9. The van der Waals surface area contributed by atoms with Crippen LogP contribution in [0.1, 0.15) is 30.9 Å². The standard InChI is InChI=1S/C21H28N4O4S/c1-4-24-11-5-6-17(14-24)22-20-10-8-18(13-21(20)25(26)27)30(28,29)23-19-9-7-15(2)12-16(19)3/h7-10,12-13,17,22-23H,4-6,11,14H2,1-3H3/t17-/m1/s1. The molecule has 0 saturated carbocycles. The highest BCUT2D eigenvalue weighted by atomic mass is 32.2. The van der Waals surface area contributed by atoms with Gasteiger partial charge in [0.1, 0.15) is 5.69 Å². The Morgan fingerprint density at radius 1 is 1.17 bits per heavy atom. The van der Waals surface area contributed by atoms with Gasteiger partial charge in [0.25, 0.3) is 15.7 Å². The third-order valence-corrected chi connectivity index (χ3v) is 6.78. The van der Waals surface area contributed by atoms with Gasteiger partial charge in [0.15, 0.2) is 0 Å². The van der Waals surface area contributed by atoms with Crippen molar-refractivity contribution in [1.82, 2.24) is 4.90 Å². The van der Waals surface area contributed by atoms with Crippen molar-refractivity contribution in [3.05, 3.63) is 57.6 Å². The summed E-state index contributed by atoms with van der Waals surface area (Å²) in [7, 11) is -3.96. The molecular weight excluding hydrogens is 404 g/mol. The number of nitrogens with zero attached hydrogens (tertiary/aromatic N) is 2. The van der Waals surface area contributed by atoms with E-state index in [4.69, 9.17) is 0 Å². The molecule has 0 radical (unpaired) electrons. The Hall–Kier alpha value is -2.65. The molecule has 0 unspecified atom stereocenters. The number of hydrogen-bond donors (Lipinski definition) is 2. The molecule has 1 heterocycles.